The highest BCUT2D eigenvalue weighted by Crippen LogP contribution is 2.28. The Labute approximate surface area is 204 Å². The summed E-state index contributed by atoms with van der Waals surface area (Å²) < 4.78 is 38.2. The molecular formula is C22H25N3O10S. The molecule has 1 amide bonds. The molecule has 2 aromatic heterocycles. The average molecular weight is 524 g/mol. The van der Waals surface area contributed by atoms with Gasteiger partial charge in [0, 0.05) is 36.6 Å². The number of rotatable bonds is 10. The van der Waals surface area contributed by atoms with E-state index < -0.39 is 44.3 Å². The largest absolute Gasteiger partial charge is 0.492 e. The minimum absolute atomic E-state index is 0.0206. The lowest BCUT2D eigenvalue weighted by atomic mass is 10.0. The zero-order chi connectivity index (χ0) is 26.6. The van der Waals surface area contributed by atoms with E-state index in [9.17, 15) is 37.6 Å². The second-order valence-electron chi connectivity index (χ2n) is 8.00. The van der Waals surface area contributed by atoms with Gasteiger partial charge in [-0.25, -0.2) is 9.59 Å². The SMILES string of the molecule is Cc1c(CC(=O)NCCCCCC(=O)On2c(O)ccc2O)c(=O)oc2cc(N)c(S(=O)(=O)O)cc12. The average Bonchev–Trinajstić information content (AvgIpc) is 3.09. The number of nitrogens with zero attached hydrogens (tertiary/aromatic N) is 1. The molecule has 1 aromatic carbocycles. The van der Waals surface area contributed by atoms with E-state index in [-0.39, 0.29) is 41.6 Å². The molecule has 0 aliphatic heterocycles. The van der Waals surface area contributed by atoms with Crippen molar-refractivity contribution in [3.8, 4) is 11.8 Å². The summed E-state index contributed by atoms with van der Waals surface area (Å²) in [5.41, 5.74) is 4.94. The van der Waals surface area contributed by atoms with Crippen molar-refractivity contribution in [2.45, 2.75) is 43.9 Å². The molecule has 6 N–H and O–H groups in total. The quantitative estimate of drug-likeness (QED) is 0.109. The van der Waals surface area contributed by atoms with Crippen LogP contribution in [-0.4, -0.2) is 46.3 Å². The highest BCUT2D eigenvalue weighted by atomic mass is 32.2. The summed E-state index contributed by atoms with van der Waals surface area (Å²) in [6, 6.07) is 4.54. The number of nitrogens with two attached hydrogens (primary N) is 1. The summed E-state index contributed by atoms with van der Waals surface area (Å²) in [7, 11) is -4.61. The minimum Gasteiger partial charge on any atom is -0.492 e. The standard InChI is InChI=1S/C22H25N3O10S/c1-12-13-9-17(36(31,32)33)15(23)11-16(13)34-22(30)14(12)10-18(26)24-8-4-2-3-5-21(29)35-25-19(27)6-7-20(25)28/h6-7,9,11,27-28H,2-5,8,10,23H2,1H3,(H,24,26)(H,31,32,33). The van der Waals surface area contributed by atoms with E-state index in [4.69, 9.17) is 15.0 Å². The first kappa shape index (κ1) is 26.6. The number of fused-ring (bicyclic) bond motifs is 1. The molecule has 0 fully saturated rings. The molecule has 0 atom stereocenters. The number of hydrogen-bond acceptors (Lipinski definition) is 10. The van der Waals surface area contributed by atoms with Gasteiger partial charge in [-0.1, -0.05) is 6.42 Å². The summed E-state index contributed by atoms with van der Waals surface area (Å²) in [6.45, 7) is 1.80. The lowest BCUT2D eigenvalue weighted by Crippen LogP contribution is -2.28. The Kier molecular flexibility index (Phi) is 7.90. The molecule has 0 unspecified atom stereocenters. The van der Waals surface area contributed by atoms with Crippen LogP contribution < -0.4 is 21.5 Å². The number of anilines is 1. The summed E-state index contributed by atoms with van der Waals surface area (Å²) >= 11 is 0. The Bertz CT molecular complexity index is 1450. The zero-order valence-electron chi connectivity index (χ0n) is 19.2. The number of hydrogen-bond donors (Lipinski definition) is 5. The van der Waals surface area contributed by atoms with Gasteiger partial charge in [0.05, 0.1) is 17.7 Å². The molecule has 194 valence electrons. The molecule has 0 saturated carbocycles. The van der Waals surface area contributed by atoms with Gasteiger partial charge in [-0.3, -0.25) is 9.35 Å². The lowest BCUT2D eigenvalue weighted by Gasteiger charge is -2.11. The van der Waals surface area contributed by atoms with Crippen LogP contribution in [0.3, 0.4) is 0 Å². The van der Waals surface area contributed by atoms with Gasteiger partial charge in [0.25, 0.3) is 10.1 Å². The van der Waals surface area contributed by atoms with Crippen molar-refractivity contribution in [2.75, 3.05) is 12.3 Å². The van der Waals surface area contributed by atoms with Crippen molar-refractivity contribution in [3.05, 3.63) is 45.8 Å². The summed E-state index contributed by atoms with van der Waals surface area (Å²) in [5.74, 6) is -1.95. The summed E-state index contributed by atoms with van der Waals surface area (Å²) in [5, 5.41) is 21.8. The fourth-order valence-corrected chi connectivity index (χ4v) is 4.15. The Morgan fingerprint density at radius 1 is 1.14 bits per heavy atom. The van der Waals surface area contributed by atoms with Crippen molar-refractivity contribution in [3.63, 3.8) is 0 Å². The van der Waals surface area contributed by atoms with Crippen LogP contribution in [-0.2, 0) is 26.1 Å². The normalized spacial score (nSPS) is 11.5. The van der Waals surface area contributed by atoms with Gasteiger partial charge in [0.1, 0.15) is 10.5 Å². The molecular weight excluding hydrogens is 498 g/mol. The fraction of sp³-hybridized carbons (Fsp3) is 0.318. The van der Waals surface area contributed by atoms with E-state index in [2.05, 4.69) is 5.32 Å². The topological polar surface area (TPSA) is 211 Å². The van der Waals surface area contributed by atoms with Gasteiger partial charge in [-0.15, -0.1) is 4.73 Å². The van der Waals surface area contributed by atoms with E-state index in [0.29, 0.717) is 29.6 Å². The van der Waals surface area contributed by atoms with Gasteiger partial charge in [0.2, 0.25) is 17.7 Å². The van der Waals surface area contributed by atoms with E-state index >= 15 is 0 Å². The van der Waals surface area contributed by atoms with Gasteiger partial charge in [-0.2, -0.15) is 8.42 Å². The molecule has 3 rings (SSSR count). The molecule has 0 aliphatic carbocycles. The molecule has 2 heterocycles. The second kappa shape index (κ2) is 10.7. The van der Waals surface area contributed by atoms with Crippen LogP contribution in [0.1, 0.15) is 36.8 Å². The Hall–Kier alpha value is -4.04. The number of nitrogen functional groups attached to an aromatic ring is 1. The van der Waals surface area contributed by atoms with Crippen molar-refractivity contribution < 1.29 is 42.0 Å². The van der Waals surface area contributed by atoms with Gasteiger partial charge in [-0.05, 0) is 31.4 Å². The monoisotopic (exact) mass is 523 g/mol. The van der Waals surface area contributed by atoms with Crippen LogP contribution in [0.25, 0.3) is 11.0 Å². The molecule has 0 saturated heterocycles. The third-order valence-electron chi connectivity index (χ3n) is 5.40. The maximum atomic E-state index is 12.4. The minimum atomic E-state index is -4.61. The Morgan fingerprint density at radius 3 is 2.44 bits per heavy atom. The number of benzene rings is 1. The fourth-order valence-electron chi connectivity index (χ4n) is 3.52. The Morgan fingerprint density at radius 2 is 1.81 bits per heavy atom. The number of aromatic hydroxyl groups is 2. The van der Waals surface area contributed by atoms with Crippen LogP contribution in [0.4, 0.5) is 5.69 Å². The molecule has 0 aliphatic rings. The smallest absolute Gasteiger partial charge is 0.340 e. The first-order valence-corrected chi connectivity index (χ1v) is 12.2. The number of amides is 1. The maximum Gasteiger partial charge on any atom is 0.340 e. The highest BCUT2D eigenvalue weighted by Gasteiger charge is 2.20. The van der Waals surface area contributed by atoms with Crippen molar-refractivity contribution in [1.82, 2.24) is 10.0 Å². The predicted molar refractivity (Wildman–Crippen MR) is 126 cm³/mol. The number of aromatic nitrogens is 1. The van der Waals surface area contributed by atoms with Crippen LogP contribution in [0.15, 0.2) is 38.4 Å². The van der Waals surface area contributed by atoms with E-state index in [1.165, 1.54) is 19.1 Å². The molecule has 0 radical (unpaired) electrons. The molecule has 3 aromatic rings. The molecule has 14 heteroatoms. The van der Waals surface area contributed by atoms with Crippen molar-refractivity contribution in [2.24, 2.45) is 0 Å². The number of unbranched alkanes of at least 4 members (excludes halogenated alkanes) is 2. The van der Waals surface area contributed by atoms with E-state index in [1.807, 2.05) is 0 Å². The third-order valence-corrected chi connectivity index (χ3v) is 6.31. The van der Waals surface area contributed by atoms with Crippen LogP contribution in [0.5, 0.6) is 11.8 Å². The van der Waals surface area contributed by atoms with E-state index in [1.54, 1.807) is 0 Å². The number of carbonyl (C=O) groups excluding carboxylic acids is 2. The second-order valence-corrected chi connectivity index (χ2v) is 9.39. The van der Waals surface area contributed by atoms with Gasteiger partial charge >= 0.3 is 11.6 Å². The van der Waals surface area contributed by atoms with Gasteiger partial charge in [0.15, 0.2) is 0 Å². The van der Waals surface area contributed by atoms with Gasteiger partial charge < -0.3 is 30.5 Å². The predicted octanol–water partition coefficient (Wildman–Crippen LogP) is 1.02. The third kappa shape index (κ3) is 6.14. The summed E-state index contributed by atoms with van der Waals surface area (Å²) in [4.78, 5) is 40.8. The molecule has 0 spiro atoms. The van der Waals surface area contributed by atoms with Crippen molar-refractivity contribution >= 4 is 38.7 Å². The molecule has 0 bridgehead atoms. The van der Waals surface area contributed by atoms with E-state index in [0.717, 1.165) is 12.1 Å². The molecule has 36 heavy (non-hydrogen) atoms. The summed E-state index contributed by atoms with van der Waals surface area (Å²) in [6.07, 6.45) is 1.24. The first-order valence-electron chi connectivity index (χ1n) is 10.8. The van der Waals surface area contributed by atoms with Crippen LogP contribution in [0.2, 0.25) is 0 Å². The van der Waals surface area contributed by atoms with Crippen LogP contribution >= 0.6 is 0 Å². The zero-order valence-corrected chi connectivity index (χ0v) is 20.0. The highest BCUT2D eigenvalue weighted by molar-refractivity contribution is 7.86. The maximum absolute atomic E-state index is 12.4. The number of nitrogens with one attached hydrogen (secondary N) is 1. The number of aryl methyl sites for hydroxylation is 1. The Balaban J connectivity index is 1.51. The van der Waals surface area contributed by atoms with Crippen molar-refractivity contribution in [1.29, 1.82) is 0 Å². The first-order chi connectivity index (χ1) is 16.9. The lowest BCUT2D eigenvalue weighted by molar-refractivity contribution is -0.145. The molecule has 13 nitrogen and oxygen atoms in total. The van der Waals surface area contributed by atoms with Crippen LogP contribution in [0, 0.1) is 6.92 Å². The number of carbonyl (C=O) groups is 2.